The topological polar surface area (TPSA) is 81.6 Å². The standard InChI is InChI=1S/C17H21N5O2/c1-12(13-4-3-5-14(23)8-13)20-15-9-16(19-11-18-15)22-7-6-21(2)17(24)10-22/h3-5,8-9,11-12,23H,6-7,10H2,1-2H3,(H,18,19,20)/t12-/m1/s1. The number of hydrogen-bond donors (Lipinski definition) is 2. The fourth-order valence-electron chi connectivity index (χ4n) is 2.65. The molecule has 0 unspecified atom stereocenters. The lowest BCUT2D eigenvalue weighted by molar-refractivity contribution is -0.129. The average Bonchev–Trinajstić information content (AvgIpc) is 2.57. The number of nitrogens with one attached hydrogen (secondary N) is 1. The molecule has 1 aromatic carbocycles. The molecule has 2 N–H and O–H groups in total. The molecule has 0 bridgehead atoms. The minimum Gasteiger partial charge on any atom is -0.508 e. The van der Waals surface area contributed by atoms with Crippen molar-refractivity contribution in [3.63, 3.8) is 0 Å². The van der Waals surface area contributed by atoms with Crippen LogP contribution < -0.4 is 10.2 Å². The molecule has 7 nitrogen and oxygen atoms in total. The molecule has 0 aliphatic carbocycles. The van der Waals surface area contributed by atoms with Crippen molar-refractivity contribution in [1.82, 2.24) is 14.9 Å². The van der Waals surface area contributed by atoms with Crippen molar-refractivity contribution in [2.45, 2.75) is 13.0 Å². The first kappa shape index (κ1) is 16.0. The van der Waals surface area contributed by atoms with Crippen LogP contribution in [0, 0.1) is 0 Å². The Morgan fingerprint density at radius 2 is 2.08 bits per heavy atom. The molecule has 2 heterocycles. The molecule has 1 atom stereocenters. The van der Waals surface area contributed by atoms with E-state index in [9.17, 15) is 9.90 Å². The van der Waals surface area contributed by atoms with Crippen molar-refractivity contribution in [2.24, 2.45) is 0 Å². The van der Waals surface area contributed by atoms with Gasteiger partial charge in [-0.25, -0.2) is 9.97 Å². The smallest absolute Gasteiger partial charge is 0.241 e. The summed E-state index contributed by atoms with van der Waals surface area (Å²) >= 11 is 0. The summed E-state index contributed by atoms with van der Waals surface area (Å²) in [4.78, 5) is 24.1. The van der Waals surface area contributed by atoms with E-state index >= 15 is 0 Å². The highest BCUT2D eigenvalue weighted by Gasteiger charge is 2.22. The van der Waals surface area contributed by atoms with Gasteiger partial charge in [-0.3, -0.25) is 4.79 Å². The summed E-state index contributed by atoms with van der Waals surface area (Å²) < 4.78 is 0. The first-order valence-corrected chi connectivity index (χ1v) is 7.89. The quantitative estimate of drug-likeness (QED) is 0.888. The minimum atomic E-state index is -0.0195. The summed E-state index contributed by atoms with van der Waals surface area (Å²) in [5.74, 6) is 1.74. The van der Waals surface area contributed by atoms with Gasteiger partial charge < -0.3 is 20.2 Å². The monoisotopic (exact) mass is 327 g/mol. The van der Waals surface area contributed by atoms with Crippen LogP contribution in [0.5, 0.6) is 5.75 Å². The number of aromatic hydroxyl groups is 1. The normalized spacial score (nSPS) is 16.2. The summed E-state index contributed by atoms with van der Waals surface area (Å²) in [7, 11) is 1.81. The lowest BCUT2D eigenvalue weighted by Crippen LogP contribution is -2.48. The largest absolute Gasteiger partial charge is 0.508 e. The van der Waals surface area contributed by atoms with Crippen LogP contribution >= 0.6 is 0 Å². The van der Waals surface area contributed by atoms with Crippen molar-refractivity contribution in [2.75, 3.05) is 36.9 Å². The van der Waals surface area contributed by atoms with Crippen LogP contribution in [0.3, 0.4) is 0 Å². The van der Waals surface area contributed by atoms with Crippen LogP contribution in [0.25, 0.3) is 0 Å². The SMILES string of the molecule is C[C@@H](Nc1cc(N2CCN(C)C(=O)C2)ncn1)c1cccc(O)c1. The zero-order valence-corrected chi connectivity index (χ0v) is 13.8. The maximum absolute atomic E-state index is 11.9. The van der Waals surface area contributed by atoms with Gasteiger partial charge in [-0.05, 0) is 24.6 Å². The van der Waals surface area contributed by atoms with Crippen LogP contribution in [0.2, 0.25) is 0 Å². The predicted molar refractivity (Wildman–Crippen MR) is 92.0 cm³/mol. The Labute approximate surface area is 141 Å². The van der Waals surface area contributed by atoms with E-state index in [1.165, 1.54) is 6.33 Å². The van der Waals surface area contributed by atoms with Crippen molar-refractivity contribution in [1.29, 1.82) is 0 Å². The molecule has 1 aromatic heterocycles. The Morgan fingerprint density at radius 3 is 2.83 bits per heavy atom. The molecule has 1 aliphatic rings. The number of aromatic nitrogens is 2. The van der Waals surface area contributed by atoms with Gasteiger partial charge in [0.15, 0.2) is 0 Å². The van der Waals surface area contributed by atoms with Crippen molar-refractivity contribution >= 4 is 17.5 Å². The Morgan fingerprint density at radius 1 is 1.25 bits per heavy atom. The Kier molecular flexibility index (Phi) is 4.50. The van der Waals surface area contributed by atoms with Gasteiger partial charge in [0.05, 0.1) is 12.6 Å². The molecular formula is C17H21N5O2. The van der Waals surface area contributed by atoms with Gasteiger partial charge in [-0.1, -0.05) is 12.1 Å². The number of hydrogen-bond acceptors (Lipinski definition) is 6. The summed E-state index contributed by atoms with van der Waals surface area (Å²) in [6.07, 6.45) is 1.50. The average molecular weight is 327 g/mol. The van der Waals surface area contributed by atoms with Crippen LogP contribution in [-0.2, 0) is 4.79 Å². The number of nitrogens with zero attached hydrogens (tertiary/aromatic N) is 4. The first-order valence-electron chi connectivity index (χ1n) is 7.89. The summed E-state index contributed by atoms with van der Waals surface area (Å²) in [5, 5.41) is 12.9. The maximum Gasteiger partial charge on any atom is 0.241 e. The van der Waals surface area contributed by atoms with E-state index in [2.05, 4.69) is 15.3 Å². The Bertz CT molecular complexity index is 736. The van der Waals surface area contributed by atoms with E-state index in [0.717, 1.165) is 17.9 Å². The number of phenolic OH excluding ortho intramolecular Hbond substituents is 1. The highest BCUT2D eigenvalue weighted by molar-refractivity contribution is 5.82. The van der Waals surface area contributed by atoms with E-state index in [1.807, 2.05) is 37.1 Å². The molecule has 2 aromatic rings. The number of carbonyl (C=O) groups excluding carboxylic acids is 1. The first-order chi connectivity index (χ1) is 11.5. The molecule has 1 amide bonds. The van der Waals surface area contributed by atoms with Gasteiger partial charge in [-0.15, -0.1) is 0 Å². The molecule has 1 saturated heterocycles. The highest BCUT2D eigenvalue weighted by atomic mass is 16.3. The zero-order chi connectivity index (χ0) is 17.1. The Balaban J connectivity index is 1.72. The summed E-state index contributed by atoms with van der Waals surface area (Å²) in [5.41, 5.74) is 0.963. The van der Waals surface area contributed by atoms with Crippen LogP contribution in [-0.4, -0.2) is 52.6 Å². The van der Waals surface area contributed by atoms with E-state index < -0.39 is 0 Å². The number of phenols is 1. The second-order valence-corrected chi connectivity index (χ2v) is 5.96. The molecule has 3 rings (SSSR count). The van der Waals surface area contributed by atoms with Gasteiger partial charge in [0.1, 0.15) is 23.7 Å². The van der Waals surface area contributed by atoms with Crippen molar-refractivity contribution < 1.29 is 9.90 Å². The van der Waals surface area contributed by atoms with Gasteiger partial charge in [0, 0.05) is 26.2 Å². The zero-order valence-electron chi connectivity index (χ0n) is 13.8. The van der Waals surface area contributed by atoms with Gasteiger partial charge in [0.25, 0.3) is 0 Å². The highest BCUT2D eigenvalue weighted by Crippen LogP contribution is 2.23. The number of rotatable bonds is 4. The molecule has 1 aliphatic heterocycles. The van der Waals surface area contributed by atoms with Gasteiger partial charge >= 0.3 is 0 Å². The lowest BCUT2D eigenvalue weighted by atomic mass is 10.1. The van der Waals surface area contributed by atoms with E-state index in [1.54, 1.807) is 17.0 Å². The number of piperazine rings is 1. The number of benzene rings is 1. The fourth-order valence-corrected chi connectivity index (χ4v) is 2.65. The lowest BCUT2D eigenvalue weighted by Gasteiger charge is -2.32. The second-order valence-electron chi connectivity index (χ2n) is 5.96. The molecular weight excluding hydrogens is 306 g/mol. The van der Waals surface area contributed by atoms with Gasteiger partial charge in [0.2, 0.25) is 5.91 Å². The third-order valence-electron chi connectivity index (χ3n) is 4.17. The molecule has 1 fully saturated rings. The van der Waals surface area contributed by atoms with Crippen molar-refractivity contribution in [3.8, 4) is 5.75 Å². The van der Waals surface area contributed by atoms with Crippen LogP contribution in [0.15, 0.2) is 36.7 Å². The van der Waals surface area contributed by atoms with Crippen LogP contribution in [0.1, 0.15) is 18.5 Å². The maximum atomic E-state index is 11.9. The van der Waals surface area contributed by atoms with Crippen molar-refractivity contribution in [3.05, 3.63) is 42.2 Å². The minimum absolute atomic E-state index is 0.0195. The molecule has 0 saturated carbocycles. The van der Waals surface area contributed by atoms with E-state index in [0.29, 0.717) is 18.9 Å². The summed E-state index contributed by atoms with van der Waals surface area (Å²) in [6, 6.07) is 8.94. The van der Waals surface area contributed by atoms with E-state index in [4.69, 9.17) is 0 Å². The Hall–Kier alpha value is -2.83. The predicted octanol–water partition coefficient (Wildman–Crippen LogP) is 1.63. The molecule has 0 radical (unpaired) electrons. The van der Waals surface area contributed by atoms with Gasteiger partial charge in [-0.2, -0.15) is 0 Å². The fraction of sp³-hybridized carbons (Fsp3) is 0.353. The molecule has 7 heteroatoms. The number of amides is 1. The molecule has 126 valence electrons. The second kappa shape index (κ2) is 6.74. The number of anilines is 2. The third-order valence-corrected chi connectivity index (χ3v) is 4.17. The molecule has 24 heavy (non-hydrogen) atoms. The number of carbonyl (C=O) groups is 1. The van der Waals surface area contributed by atoms with Crippen LogP contribution in [0.4, 0.5) is 11.6 Å². The molecule has 0 spiro atoms. The summed E-state index contributed by atoms with van der Waals surface area (Å²) in [6.45, 7) is 3.76. The van der Waals surface area contributed by atoms with E-state index in [-0.39, 0.29) is 17.7 Å². The third kappa shape index (κ3) is 3.56. The number of likely N-dealkylation sites (N-methyl/N-ethyl adjacent to an activating group) is 1.